The third-order valence-corrected chi connectivity index (χ3v) is 1.33. The fraction of sp³-hybridized carbons (Fsp3) is 0.111. The molecule has 0 saturated carbocycles. The molecule has 0 radical (unpaired) electrons. The Morgan fingerprint density at radius 3 is 3.17 bits per heavy atom. The molecule has 1 aromatic rings. The minimum Gasteiger partial charge on any atom is -0.481 e. The number of aromatic nitrogens is 1. The van der Waals surface area contributed by atoms with E-state index in [1.54, 1.807) is 25.4 Å². The molecular weight excluding hydrogens is 152 g/mol. The van der Waals surface area contributed by atoms with Crippen LogP contribution >= 0.6 is 0 Å². The molecule has 0 bridgehead atoms. The van der Waals surface area contributed by atoms with Gasteiger partial charge in [-0.3, -0.25) is 0 Å². The van der Waals surface area contributed by atoms with Gasteiger partial charge < -0.3 is 4.74 Å². The predicted octanol–water partition coefficient (Wildman–Crippen LogP) is 1.63. The summed E-state index contributed by atoms with van der Waals surface area (Å²) >= 11 is 0. The average molecular weight is 160 g/mol. The van der Waals surface area contributed by atoms with E-state index in [0.29, 0.717) is 5.88 Å². The molecule has 0 aliphatic heterocycles. The number of nitrogens with zero attached hydrogens (tertiary/aromatic N) is 2. The lowest BCUT2D eigenvalue weighted by molar-refractivity contribution is 0.397. The Bertz CT molecular complexity index is 326. The standard InChI is InChI=1S/C9H8N2O/c1-12-9-8(4-2-6-10)5-3-7-11-9/h2-5,7H,1H3. The van der Waals surface area contributed by atoms with Gasteiger partial charge in [0.25, 0.3) is 0 Å². The summed E-state index contributed by atoms with van der Waals surface area (Å²) in [6, 6.07) is 5.53. The van der Waals surface area contributed by atoms with E-state index in [9.17, 15) is 0 Å². The van der Waals surface area contributed by atoms with E-state index in [1.165, 1.54) is 6.08 Å². The van der Waals surface area contributed by atoms with E-state index in [0.717, 1.165) is 5.56 Å². The molecule has 0 aliphatic rings. The predicted molar refractivity (Wildman–Crippen MR) is 45.4 cm³/mol. The largest absolute Gasteiger partial charge is 0.481 e. The quantitative estimate of drug-likeness (QED) is 0.617. The highest BCUT2D eigenvalue weighted by atomic mass is 16.5. The van der Waals surface area contributed by atoms with Crippen molar-refractivity contribution in [3.05, 3.63) is 30.0 Å². The van der Waals surface area contributed by atoms with Gasteiger partial charge in [-0.15, -0.1) is 0 Å². The smallest absolute Gasteiger partial charge is 0.220 e. The molecule has 0 fully saturated rings. The fourth-order valence-corrected chi connectivity index (χ4v) is 0.828. The van der Waals surface area contributed by atoms with E-state index in [2.05, 4.69) is 4.98 Å². The second-order valence-corrected chi connectivity index (χ2v) is 2.06. The topological polar surface area (TPSA) is 45.9 Å². The first kappa shape index (κ1) is 8.28. The average Bonchev–Trinajstić information content (AvgIpc) is 2.15. The van der Waals surface area contributed by atoms with Crippen LogP contribution in [-0.4, -0.2) is 12.1 Å². The molecule has 0 atom stereocenters. The highest BCUT2D eigenvalue weighted by molar-refractivity contribution is 5.56. The van der Waals surface area contributed by atoms with Gasteiger partial charge in [-0.2, -0.15) is 5.26 Å². The lowest BCUT2D eigenvalue weighted by Gasteiger charge is -2.00. The van der Waals surface area contributed by atoms with Gasteiger partial charge in [0, 0.05) is 17.8 Å². The minimum atomic E-state index is 0.531. The second-order valence-electron chi connectivity index (χ2n) is 2.06. The Labute approximate surface area is 70.9 Å². The number of ether oxygens (including phenoxy) is 1. The molecule has 1 rings (SSSR count). The summed E-state index contributed by atoms with van der Waals surface area (Å²) in [7, 11) is 1.55. The van der Waals surface area contributed by atoms with Crippen molar-refractivity contribution < 1.29 is 4.74 Å². The fourth-order valence-electron chi connectivity index (χ4n) is 0.828. The van der Waals surface area contributed by atoms with Crippen molar-refractivity contribution in [3.63, 3.8) is 0 Å². The number of methoxy groups -OCH3 is 1. The molecule has 3 nitrogen and oxygen atoms in total. The first-order valence-electron chi connectivity index (χ1n) is 3.43. The van der Waals surface area contributed by atoms with E-state index < -0.39 is 0 Å². The van der Waals surface area contributed by atoms with Crippen molar-refractivity contribution in [2.75, 3.05) is 7.11 Å². The Hall–Kier alpha value is -1.82. The zero-order valence-electron chi connectivity index (χ0n) is 6.69. The Morgan fingerprint density at radius 1 is 1.67 bits per heavy atom. The van der Waals surface area contributed by atoms with Crippen LogP contribution in [-0.2, 0) is 0 Å². The van der Waals surface area contributed by atoms with Crippen LogP contribution in [0, 0.1) is 11.3 Å². The molecular formula is C9H8N2O. The highest BCUT2D eigenvalue weighted by Gasteiger charge is 1.96. The normalized spacial score (nSPS) is 9.67. The first-order chi connectivity index (χ1) is 5.88. The van der Waals surface area contributed by atoms with Gasteiger partial charge in [-0.05, 0) is 18.2 Å². The number of pyridine rings is 1. The van der Waals surface area contributed by atoms with E-state index >= 15 is 0 Å². The van der Waals surface area contributed by atoms with Crippen molar-refractivity contribution >= 4 is 6.08 Å². The maximum Gasteiger partial charge on any atom is 0.220 e. The first-order valence-corrected chi connectivity index (χ1v) is 3.43. The molecule has 0 aromatic carbocycles. The lowest BCUT2D eigenvalue weighted by atomic mass is 10.2. The van der Waals surface area contributed by atoms with Crippen LogP contribution in [0.15, 0.2) is 24.4 Å². The molecule has 60 valence electrons. The van der Waals surface area contributed by atoms with E-state index in [-0.39, 0.29) is 0 Å². The van der Waals surface area contributed by atoms with Gasteiger partial charge in [0.15, 0.2) is 0 Å². The highest BCUT2D eigenvalue weighted by Crippen LogP contribution is 2.14. The summed E-state index contributed by atoms with van der Waals surface area (Å²) in [6.45, 7) is 0. The number of nitriles is 1. The van der Waals surface area contributed by atoms with Gasteiger partial charge >= 0.3 is 0 Å². The van der Waals surface area contributed by atoms with Crippen molar-refractivity contribution in [2.24, 2.45) is 0 Å². The second kappa shape index (κ2) is 4.14. The minimum absolute atomic E-state index is 0.531. The summed E-state index contributed by atoms with van der Waals surface area (Å²) in [6.07, 6.45) is 4.69. The molecule has 0 saturated heterocycles. The molecule has 0 aliphatic carbocycles. The SMILES string of the molecule is COc1ncccc1C=CC#N. The van der Waals surface area contributed by atoms with E-state index in [4.69, 9.17) is 10.00 Å². The molecule has 12 heavy (non-hydrogen) atoms. The maximum atomic E-state index is 8.29. The molecule has 0 N–H and O–H groups in total. The third kappa shape index (κ3) is 1.83. The van der Waals surface area contributed by atoms with Crippen LogP contribution < -0.4 is 4.74 Å². The van der Waals surface area contributed by atoms with Crippen molar-refractivity contribution in [3.8, 4) is 11.9 Å². The summed E-state index contributed by atoms with van der Waals surface area (Å²) in [5.74, 6) is 0.531. The number of rotatable bonds is 2. The van der Waals surface area contributed by atoms with Crippen LogP contribution in [0.4, 0.5) is 0 Å². The van der Waals surface area contributed by atoms with Gasteiger partial charge in [0.1, 0.15) is 0 Å². The Kier molecular flexibility index (Phi) is 2.86. The number of allylic oxidation sites excluding steroid dienone is 1. The molecule has 0 amide bonds. The van der Waals surface area contributed by atoms with Gasteiger partial charge in [0.2, 0.25) is 5.88 Å². The summed E-state index contributed by atoms with van der Waals surface area (Å²) in [5.41, 5.74) is 0.807. The third-order valence-electron chi connectivity index (χ3n) is 1.33. The lowest BCUT2D eigenvalue weighted by Crippen LogP contribution is -1.89. The zero-order chi connectivity index (χ0) is 8.81. The number of hydrogen-bond acceptors (Lipinski definition) is 3. The molecule has 3 heteroatoms. The van der Waals surface area contributed by atoms with Crippen LogP contribution in [0.25, 0.3) is 6.08 Å². The zero-order valence-corrected chi connectivity index (χ0v) is 6.69. The van der Waals surface area contributed by atoms with Gasteiger partial charge in [-0.25, -0.2) is 4.98 Å². The Balaban J connectivity index is 2.99. The van der Waals surface area contributed by atoms with Crippen molar-refractivity contribution in [2.45, 2.75) is 0 Å². The molecule has 0 spiro atoms. The van der Waals surface area contributed by atoms with E-state index in [1.807, 2.05) is 12.1 Å². The summed E-state index contributed by atoms with van der Waals surface area (Å²) < 4.78 is 4.97. The van der Waals surface area contributed by atoms with Gasteiger partial charge in [-0.1, -0.05) is 0 Å². The summed E-state index contributed by atoms with van der Waals surface area (Å²) in [5, 5.41) is 8.29. The monoisotopic (exact) mass is 160 g/mol. The van der Waals surface area contributed by atoms with Crippen LogP contribution in [0.3, 0.4) is 0 Å². The Morgan fingerprint density at radius 2 is 2.50 bits per heavy atom. The van der Waals surface area contributed by atoms with Crippen LogP contribution in [0.1, 0.15) is 5.56 Å². The number of hydrogen-bond donors (Lipinski definition) is 0. The van der Waals surface area contributed by atoms with Crippen molar-refractivity contribution in [1.29, 1.82) is 5.26 Å². The van der Waals surface area contributed by atoms with Crippen molar-refractivity contribution in [1.82, 2.24) is 4.98 Å². The van der Waals surface area contributed by atoms with Crippen LogP contribution in [0.2, 0.25) is 0 Å². The van der Waals surface area contributed by atoms with Gasteiger partial charge in [0.05, 0.1) is 13.2 Å². The summed E-state index contributed by atoms with van der Waals surface area (Å²) in [4.78, 5) is 3.97. The molecule has 1 heterocycles. The maximum absolute atomic E-state index is 8.29. The van der Waals surface area contributed by atoms with Crippen LogP contribution in [0.5, 0.6) is 5.88 Å². The molecule has 0 unspecified atom stereocenters. The molecule has 1 aromatic heterocycles.